The number of Topliss-reactive ketones (excluding diaryl/α,β-unsaturated/α-hetero) is 1. The minimum atomic E-state index is -2.89. The van der Waals surface area contributed by atoms with Gasteiger partial charge in [0, 0.05) is 41.5 Å². The van der Waals surface area contributed by atoms with Crippen molar-refractivity contribution in [2.45, 2.75) is 52.9 Å². The van der Waals surface area contributed by atoms with Gasteiger partial charge in [-0.05, 0) is 60.1 Å². The molecule has 0 N–H and O–H groups in total. The quantitative estimate of drug-likeness (QED) is 0.450. The van der Waals surface area contributed by atoms with E-state index in [4.69, 9.17) is 0 Å². The highest BCUT2D eigenvalue weighted by Gasteiger charge is 2.69. The van der Waals surface area contributed by atoms with Gasteiger partial charge in [0.1, 0.15) is 5.78 Å². The number of carbonyl (C=O) groups excluding carboxylic acids is 1. The monoisotopic (exact) mass is 488 g/mol. The number of aromatic nitrogens is 1. The lowest BCUT2D eigenvalue weighted by molar-refractivity contribution is -0.225. The van der Waals surface area contributed by atoms with Crippen molar-refractivity contribution >= 4 is 11.9 Å². The van der Waals surface area contributed by atoms with Crippen LogP contribution in [0.2, 0.25) is 0 Å². The number of nitriles is 1. The van der Waals surface area contributed by atoms with Crippen LogP contribution in [0.3, 0.4) is 0 Å². The lowest BCUT2D eigenvalue weighted by Crippen LogP contribution is -2.66. The van der Waals surface area contributed by atoms with Crippen molar-refractivity contribution in [3.8, 4) is 17.2 Å². The molecule has 0 radical (unpaired) electrons. The van der Waals surface area contributed by atoms with Crippen LogP contribution >= 0.6 is 0 Å². The van der Waals surface area contributed by atoms with Crippen LogP contribution in [-0.4, -0.2) is 16.7 Å². The second-order valence-corrected chi connectivity index (χ2v) is 11.5. The summed E-state index contributed by atoms with van der Waals surface area (Å²) in [5.41, 5.74) is 2.43. The molecule has 0 bridgehead atoms. The molecule has 1 aromatic heterocycles. The Morgan fingerprint density at radius 3 is 2.47 bits per heavy atom. The second kappa shape index (κ2) is 8.91. The largest absolute Gasteiger partial charge is 0.299 e. The van der Waals surface area contributed by atoms with Gasteiger partial charge in [-0.25, -0.2) is 8.78 Å². The van der Waals surface area contributed by atoms with E-state index in [0.717, 1.165) is 24.0 Å². The Balaban J connectivity index is 1.52. The predicted molar refractivity (Wildman–Crippen MR) is 137 cm³/mol. The maximum Gasteiger partial charge on any atom is 0.251 e. The summed E-state index contributed by atoms with van der Waals surface area (Å²) < 4.78 is 30.8. The third-order valence-corrected chi connectivity index (χ3v) is 9.95. The molecule has 1 heterocycles. The van der Waals surface area contributed by atoms with Crippen LogP contribution in [0, 0.1) is 58.2 Å². The highest BCUT2D eigenvalue weighted by atomic mass is 19.3. The molecule has 3 fully saturated rings. The molecule has 36 heavy (non-hydrogen) atoms. The molecule has 7 unspecified atom stereocenters. The van der Waals surface area contributed by atoms with Crippen LogP contribution in [0.5, 0.6) is 0 Å². The lowest BCUT2D eigenvalue weighted by atomic mass is 9.38. The fourth-order valence-corrected chi connectivity index (χ4v) is 7.98. The molecule has 2 aromatic rings. The molecule has 5 heteroatoms. The van der Waals surface area contributed by atoms with Gasteiger partial charge < -0.3 is 0 Å². The highest BCUT2D eigenvalue weighted by molar-refractivity contribution is 5.87. The zero-order valence-corrected chi connectivity index (χ0v) is 21.4. The van der Waals surface area contributed by atoms with E-state index in [0.29, 0.717) is 17.2 Å². The van der Waals surface area contributed by atoms with Crippen LogP contribution in [-0.2, 0) is 4.79 Å². The molecule has 188 valence electrons. The number of benzene rings is 1. The van der Waals surface area contributed by atoms with Gasteiger partial charge in [0.25, 0.3) is 5.92 Å². The maximum absolute atomic E-state index is 15.4. The molecule has 0 saturated heterocycles. The molecule has 7 atom stereocenters. The number of ketones is 1. The molecule has 3 aliphatic carbocycles. The topological polar surface area (TPSA) is 53.8 Å². The van der Waals surface area contributed by atoms with Crippen LogP contribution in [0.15, 0.2) is 48.7 Å². The van der Waals surface area contributed by atoms with E-state index in [1.54, 1.807) is 19.2 Å². The first-order valence-electron chi connectivity index (χ1n) is 13.2. The van der Waals surface area contributed by atoms with Gasteiger partial charge in [-0.15, -0.1) is 0 Å². The third kappa shape index (κ3) is 3.56. The summed E-state index contributed by atoms with van der Waals surface area (Å²) in [6.07, 6.45) is 7.06. The highest BCUT2D eigenvalue weighted by Crippen LogP contribution is 2.68. The molecule has 0 aliphatic heterocycles. The molecule has 1 aromatic carbocycles. The van der Waals surface area contributed by atoms with Crippen LogP contribution in [0.1, 0.15) is 58.2 Å². The molecule has 0 spiro atoms. The molecule has 0 amide bonds. The summed E-state index contributed by atoms with van der Waals surface area (Å²) in [6.45, 7) is 8.11. The van der Waals surface area contributed by atoms with E-state index in [2.05, 4.69) is 31.8 Å². The molecular weight excluding hydrogens is 454 g/mol. The number of hydrogen-bond acceptors (Lipinski definition) is 3. The van der Waals surface area contributed by atoms with Gasteiger partial charge >= 0.3 is 0 Å². The number of alkyl halides is 2. The first-order chi connectivity index (χ1) is 17.1. The average molecular weight is 489 g/mol. The molecule has 3 aliphatic rings. The summed E-state index contributed by atoms with van der Waals surface area (Å²) in [5, 5.41) is 9.41. The standard InChI is InChI=1S/C31H34F2N2O/c1-18(2)31-19(3)24-12-13-26(24)29(36)28(31)15-30(32,33)20(4)27(31)14-11-23-10-9-22(17-35-23)25-8-6-5-7-21(25)16-34/h5-11,14,17-20,24,26-28H,12-13,15H2,1-4H3. The minimum Gasteiger partial charge on any atom is -0.299 e. The summed E-state index contributed by atoms with van der Waals surface area (Å²) in [4.78, 5) is 18.1. The Labute approximate surface area is 212 Å². The smallest absolute Gasteiger partial charge is 0.251 e. The average Bonchev–Trinajstić information content (AvgIpc) is 2.83. The van der Waals surface area contributed by atoms with Crippen molar-refractivity contribution in [3.63, 3.8) is 0 Å². The predicted octanol–water partition coefficient (Wildman–Crippen LogP) is 7.43. The minimum absolute atomic E-state index is 0.0313. The van der Waals surface area contributed by atoms with E-state index < -0.39 is 29.1 Å². The maximum atomic E-state index is 15.4. The number of nitrogens with zero attached hydrogens (tertiary/aromatic N) is 2. The number of halogens is 2. The van der Waals surface area contributed by atoms with Gasteiger partial charge in [0.05, 0.1) is 17.3 Å². The number of allylic oxidation sites excluding steroid dienone is 1. The SMILES string of the molecule is CC1C(C=Cc2ccc(-c3ccccc3C#N)cn2)C2(C(C)C)C(CC1(F)F)C(=O)C1CCC1C2C. The molecule has 3 nitrogen and oxygen atoms in total. The van der Waals surface area contributed by atoms with Crippen molar-refractivity contribution in [2.24, 2.45) is 46.8 Å². The van der Waals surface area contributed by atoms with E-state index in [-0.39, 0.29) is 30.0 Å². The fraction of sp³-hybridized carbons (Fsp3) is 0.516. The second-order valence-electron chi connectivity index (χ2n) is 11.5. The third-order valence-electron chi connectivity index (χ3n) is 9.95. The zero-order valence-electron chi connectivity index (χ0n) is 21.4. The van der Waals surface area contributed by atoms with Gasteiger partial charge in [0.2, 0.25) is 0 Å². The summed E-state index contributed by atoms with van der Waals surface area (Å²) >= 11 is 0. The molecular formula is C31H34F2N2O. The van der Waals surface area contributed by atoms with E-state index >= 15 is 8.78 Å². The number of pyridine rings is 1. The Morgan fingerprint density at radius 1 is 1.11 bits per heavy atom. The summed E-state index contributed by atoms with van der Waals surface area (Å²) in [7, 11) is 0. The number of rotatable bonds is 4. The fourth-order valence-electron chi connectivity index (χ4n) is 7.98. The van der Waals surface area contributed by atoms with Crippen molar-refractivity contribution < 1.29 is 13.6 Å². The number of carbonyl (C=O) groups is 1. The van der Waals surface area contributed by atoms with Crippen molar-refractivity contribution in [1.82, 2.24) is 4.98 Å². The van der Waals surface area contributed by atoms with E-state index in [1.807, 2.05) is 42.5 Å². The Kier molecular flexibility index (Phi) is 6.14. The first kappa shape index (κ1) is 24.8. The zero-order chi connectivity index (χ0) is 25.8. The first-order valence-corrected chi connectivity index (χ1v) is 13.2. The van der Waals surface area contributed by atoms with Gasteiger partial charge in [-0.2, -0.15) is 5.26 Å². The normalized spacial score (nSPS) is 35.1. The van der Waals surface area contributed by atoms with Gasteiger partial charge in [0.15, 0.2) is 0 Å². The van der Waals surface area contributed by atoms with Gasteiger partial charge in [-0.3, -0.25) is 9.78 Å². The van der Waals surface area contributed by atoms with Crippen LogP contribution in [0.4, 0.5) is 8.78 Å². The summed E-state index contributed by atoms with van der Waals surface area (Å²) in [6, 6.07) is 13.4. The van der Waals surface area contributed by atoms with Crippen molar-refractivity contribution in [2.75, 3.05) is 0 Å². The van der Waals surface area contributed by atoms with E-state index in [9.17, 15) is 10.1 Å². The van der Waals surface area contributed by atoms with Crippen LogP contribution in [0.25, 0.3) is 17.2 Å². The van der Waals surface area contributed by atoms with Gasteiger partial charge in [-0.1, -0.05) is 58.0 Å². The van der Waals surface area contributed by atoms with Crippen molar-refractivity contribution in [3.05, 3.63) is 59.9 Å². The molecule has 3 saturated carbocycles. The molecule has 5 rings (SSSR count). The number of fused-ring (bicyclic) bond motifs is 2. The summed E-state index contributed by atoms with van der Waals surface area (Å²) in [5.74, 6) is -4.09. The Bertz CT molecular complexity index is 1230. The van der Waals surface area contributed by atoms with E-state index in [1.165, 1.54) is 0 Å². The Morgan fingerprint density at radius 2 is 1.86 bits per heavy atom. The number of hydrogen-bond donors (Lipinski definition) is 0. The lowest BCUT2D eigenvalue weighted by Gasteiger charge is -2.66. The van der Waals surface area contributed by atoms with Crippen LogP contribution < -0.4 is 0 Å². The van der Waals surface area contributed by atoms with Crippen molar-refractivity contribution in [1.29, 1.82) is 5.26 Å². The Hall–Kier alpha value is -2.87.